The lowest BCUT2D eigenvalue weighted by atomic mass is 10.2. The number of carboxylic acid groups (broad SMARTS) is 2. The molecule has 3 atom stereocenters. The van der Waals surface area contributed by atoms with Crippen LogP contribution in [0.5, 0.6) is 0 Å². The summed E-state index contributed by atoms with van der Waals surface area (Å²) in [6.45, 7) is 0.0803. The van der Waals surface area contributed by atoms with Crippen molar-refractivity contribution < 1.29 is 39.3 Å². The summed E-state index contributed by atoms with van der Waals surface area (Å²) in [6, 6.07) is -3.89. The van der Waals surface area contributed by atoms with Crippen molar-refractivity contribution in [3.63, 3.8) is 0 Å². The van der Waals surface area contributed by atoms with E-state index in [4.69, 9.17) is 21.1 Å². The standard InChI is InChI=1S/C12H20N4O8/c1-5(15-11(22)6(13)4-17)10(21)14-3-8(18)16-7(12(23)24)2-9(19)20/h5-7,17H,2-4,13H2,1H3,(H,14,21)(H,15,22)(H,16,18)(H,19,20)(H,23,24). The Morgan fingerprint density at radius 3 is 2.08 bits per heavy atom. The van der Waals surface area contributed by atoms with Crippen molar-refractivity contribution in [2.75, 3.05) is 13.2 Å². The molecule has 24 heavy (non-hydrogen) atoms. The van der Waals surface area contributed by atoms with E-state index in [1.165, 1.54) is 6.92 Å². The van der Waals surface area contributed by atoms with E-state index in [-0.39, 0.29) is 0 Å². The molecule has 0 spiro atoms. The van der Waals surface area contributed by atoms with Crippen LogP contribution < -0.4 is 21.7 Å². The van der Waals surface area contributed by atoms with Gasteiger partial charge >= 0.3 is 11.9 Å². The highest BCUT2D eigenvalue weighted by Gasteiger charge is 2.24. The van der Waals surface area contributed by atoms with Gasteiger partial charge in [-0.15, -0.1) is 0 Å². The number of aliphatic carboxylic acids is 2. The van der Waals surface area contributed by atoms with Crippen LogP contribution in [0, 0.1) is 0 Å². The fraction of sp³-hybridized carbons (Fsp3) is 0.583. The molecular weight excluding hydrogens is 328 g/mol. The summed E-state index contributed by atoms with van der Waals surface area (Å²) < 4.78 is 0. The summed E-state index contributed by atoms with van der Waals surface area (Å²) >= 11 is 0. The fourth-order valence-electron chi connectivity index (χ4n) is 1.41. The van der Waals surface area contributed by atoms with Gasteiger partial charge < -0.3 is 37.0 Å². The van der Waals surface area contributed by atoms with Crippen LogP contribution in [0.25, 0.3) is 0 Å². The van der Waals surface area contributed by atoms with Crippen LogP contribution in [-0.4, -0.2) is 76.3 Å². The van der Waals surface area contributed by atoms with Gasteiger partial charge in [-0.1, -0.05) is 0 Å². The molecule has 0 heterocycles. The number of carbonyl (C=O) groups excluding carboxylic acids is 3. The third kappa shape index (κ3) is 8.05. The second kappa shape index (κ2) is 10.1. The zero-order valence-electron chi connectivity index (χ0n) is 12.8. The van der Waals surface area contributed by atoms with Crippen LogP contribution in [0.2, 0.25) is 0 Å². The second-order valence-electron chi connectivity index (χ2n) is 4.79. The number of hydrogen-bond acceptors (Lipinski definition) is 7. The first-order chi connectivity index (χ1) is 11.1. The molecule has 0 aliphatic rings. The highest BCUT2D eigenvalue weighted by Crippen LogP contribution is 1.93. The van der Waals surface area contributed by atoms with E-state index in [2.05, 4.69) is 10.6 Å². The predicted octanol–water partition coefficient (Wildman–Crippen LogP) is -4.03. The minimum atomic E-state index is -1.63. The normalized spacial score (nSPS) is 14.0. The molecule has 3 amide bonds. The van der Waals surface area contributed by atoms with Crippen LogP contribution in [0.3, 0.4) is 0 Å². The van der Waals surface area contributed by atoms with Crippen molar-refractivity contribution >= 4 is 29.7 Å². The molecule has 12 nitrogen and oxygen atoms in total. The van der Waals surface area contributed by atoms with E-state index in [9.17, 15) is 24.0 Å². The maximum atomic E-state index is 11.7. The van der Waals surface area contributed by atoms with E-state index in [0.29, 0.717) is 0 Å². The minimum Gasteiger partial charge on any atom is -0.481 e. The Bertz CT molecular complexity index is 509. The van der Waals surface area contributed by atoms with Crippen molar-refractivity contribution in [1.82, 2.24) is 16.0 Å². The molecule has 0 aromatic carbocycles. The molecular formula is C12H20N4O8. The Morgan fingerprint density at radius 1 is 1.04 bits per heavy atom. The Labute approximate surface area is 136 Å². The van der Waals surface area contributed by atoms with Crippen molar-refractivity contribution in [2.24, 2.45) is 5.73 Å². The smallest absolute Gasteiger partial charge is 0.326 e. The summed E-state index contributed by atoms with van der Waals surface area (Å²) in [5, 5.41) is 32.3. The lowest BCUT2D eigenvalue weighted by Crippen LogP contribution is -2.53. The first kappa shape index (κ1) is 21.3. The number of amides is 3. The second-order valence-corrected chi connectivity index (χ2v) is 4.79. The molecule has 0 saturated carbocycles. The first-order valence-electron chi connectivity index (χ1n) is 6.77. The Kier molecular flexibility index (Phi) is 8.97. The van der Waals surface area contributed by atoms with Crippen molar-refractivity contribution in [3.05, 3.63) is 0 Å². The van der Waals surface area contributed by atoms with Crippen LogP contribution in [0.15, 0.2) is 0 Å². The van der Waals surface area contributed by atoms with Crippen molar-refractivity contribution in [2.45, 2.75) is 31.5 Å². The average Bonchev–Trinajstić information content (AvgIpc) is 2.50. The third-order valence-electron chi connectivity index (χ3n) is 2.72. The molecule has 0 aliphatic heterocycles. The largest absolute Gasteiger partial charge is 0.481 e. The van der Waals surface area contributed by atoms with Gasteiger partial charge in [0.1, 0.15) is 18.1 Å². The van der Waals surface area contributed by atoms with Crippen LogP contribution in [0.4, 0.5) is 0 Å². The quantitative estimate of drug-likeness (QED) is 0.205. The van der Waals surface area contributed by atoms with Crippen LogP contribution >= 0.6 is 0 Å². The third-order valence-corrected chi connectivity index (χ3v) is 2.72. The summed E-state index contributed by atoms with van der Waals surface area (Å²) in [5.74, 6) is -5.38. The number of aliphatic hydroxyl groups is 1. The predicted molar refractivity (Wildman–Crippen MR) is 77.5 cm³/mol. The summed E-state index contributed by atoms with van der Waals surface area (Å²) in [6.07, 6.45) is -0.819. The van der Waals surface area contributed by atoms with Gasteiger partial charge in [0.25, 0.3) is 0 Å². The number of nitrogens with one attached hydrogen (secondary N) is 3. The van der Waals surface area contributed by atoms with Crippen molar-refractivity contribution in [1.29, 1.82) is 0 Å². The van der Waals surface area contributed by atoms with Gasteiger partial charge in [-0.25, -0.2) is 4.79 Å². The van der Waals surface area contributed by atoms with Gasteiger partial charge in [0, 0.05) is 0 Å². The summed E-state index contributed by atoms with van der Waals surface area (Å²) in [7, 11) is 0. The number of carboxylic acids is 2. The topological polar surface area (TPSA) is 208 Å². The number of carbonyl (C=O) groups is 5. The van der Waals surface area contributed by atoms with Gasteiger partial charge in [-0.05, 0) is 6.92 Å². The van der Waals surface area contributed by atoms with E-state index in [1.807, 2.05) is 5.32 Å². The average molecular weight is 348 g/mol. The summed E-state index contributed by atoms with van der Waals surface area (Å²) in [4.78, 5) is 55.8. The SMILES string of the molecule is CC(NC(=O)C(N)CO)C(=O)NCC(=O)NC(CC(=O)O)C(=O)O. The number of hydrogen-bond donors (Lipinski definition) is 7. The molecule has 0 saturated heterocycles. The highest BCUT2D eigenvalue weighted by molar-refractivity contribution is 5.92. The molecule has 136 valence electrons. The van der Waals surface area contributed by atoms with Gasteiger partial charge in [-0.2, -0.15) is 0 Å². The lowest BCUT2D eigenvalue weighted by molar-refractivity contribution is -0.147. The Hall–Kier alpha value is -2.73. The minimum absolute atomic E-state index is 0.608. The van der Waals surface area contributed by atoms with Crippen molar-refractivity contribution in [3.8, 4) is 0 Å². The fourth-order valence-corrected chi connectivity index (χ4v) is 1.41. The van der Waals surface area contributed by atoms with Gasteiger partial charge in [0.05, 0.1) is 19.6 Å². The molecule has 0 fully saturated rings. The monoisotopic (exact) mass is 348 g/mol. The Balaban J connectivity index is 4.38. The molecule has 0 bridgehead atoms. The van der Waals surface area contributed by atoms with Gasteiger partial charge in [0.2, 0.25) is 17.7 Å². The van der Waals surface area contributed by atoms with E-state index in [1.54, 1.807) is 0 Å². The maximum Gasteiger partial charge on any atom is 0.326 e. The zero-order chi connectivity index (χ0) is 18.9. The van der Waals surface area contributed by atoms with E-state index < -0.39 is 67.4 Å². The molecule has 0 aromatic heterocycles. The highest BCUT2D eigenvalue weighted by atomic mass is 16.4. The molecule has 8 N–H and O–H groups in total. The molecule has 3 unspecified atom stereocenters. The maximum absolute atomic E-state index is 11.7. The van der Waals surface area contributed by atoms with Gasteiger partial charge in [0.15, 0.2) is 0 Å². The zero-order valence-corrected chi connectivity index (χ0v) is 12.8. The van der Waals surface area contributed by atoms with E-state index >= 15 is 0 Å². The number of aliphatic hydroxyl groups excluding tert-OH is 1. The lowest BCUT2D eigenvalue weighted by Gasteiger charge is -2.17. The number of nitrogens with two attached hydrogens (primary N) is 1. The van der Waals surface area contributed by atoms with Crippen LogP contribution in [-0.2, 0) is 24.0 Å². The Morgan fingerprint density at radius 2 is 1.62 bits per heavy atom. The van der Waals surface area contributed by atoms with Gasteiger partial charge in [-0.3, -0.25) is 19.2 Å². The summed E-state index contributed by atoms with van der Waals surface area (Å²) in [5.41, 5.74) is 5.25. The first-order valence-corrected chi connectivity index (χ1v) is 6.77. The molecule has 0 rings (SSSR count). The molecule has 12 heteroatoms. The number of rotatable bonds is 10. The van der Waals surface area contributed by atoms with E-state index in [0.717, 1.165) is 0 Å². The van der Waals surface area contributed by atoms with Crippen LogP contribution in [0.1, 0.15) is 13.3 Å². The molecule has 0 aromatic rings. The molecule has 0 aliphatic carbocycles. The molecule has 0 radical (unpaired) electrons.